The summed E-state index contributed by atoms with van der Waals surface area (Å²) in [4.78, 5) is 35.1. The average Bonchev–Trinajstić information content (AvgIpc) is 3.29. The van der Waals surface area contributed by atoms with Crippen LogP contribution in [-0.2, 0) is 26.0 Å². The molecule has 3 aromatic rings. The van der Waals surface area contributed by atoms with Crippen LogP contribution in [0.25, 0.3) is 0 Å². The zero-order valence-corrected chi connectivity index (χ0v) is 19.4. The van der Waals surface area contributed by atoms with Crippen LogP contribution >= 0.6 is 0 Å². The highest BCUT2D eigenvalue weighted by atomic mass is 32.2. The largest absolute Gasteiger partial charge is 0.452 e. The second kappa shape index (κ2) is 9.55. The lowest BCUT2D eigenvalue weighted by Crippen LogP contribution is -2.29. The van der Waals surface area contributed by atoms with Crippen molar-refractivity contribution in [2.45, 2.75) is 18.2 Å². The molecule has 35 heavy (non-hydrogen) atoms. The molecule has 0 spiro atoms. The number of nitrogens with zero attached hydrogens (tertiary/aromatic N) is 2. The van der Waals surface area contributed by atoms with Crippen LogP contribution in [0.3, 0.4) is 0 Å². The summed E-state index contributed by atoms with van der Waals surface area (Å²) in [5.74, 6) is -1.58. The van der Waals surface area contributed by atoms with Gasteiger partial charge in [-0.1, -0.05) is 30.3 Å². The van der Waals surface area contributed by atoms with Crippen molar-refractivity contribution in [3.05, 3.63) is 93.5 Å². The molecule has 1 aliphatic rings. The number of hydrogen-bond acceptors (Lipinski definition) is 7. The van der Waals surface area contributed by atoms with Crippen molar-refractivity contribution in [2.75, 3.05) is 22.8 Å². The van der Waals surface area contributed by atoms with Crippen LogP contribution in [-0.4, -0.2) is 38.4 Å². The first kappa shape index (κ1) is 23.9. The third-order valence-corrected chi connectivity index (χ3v) is 7.34. The Balaban J connectivity index is 1.43. The van der Waals surface area contributed by atoms with Crippen molar-refractivity contribution in [2.24, 2.45) is 0 Å². The third kappa shape index (κ3) is 4.99. The SMILES string of the molecule is Cc1ccc(NC(=O)COC(=O)c2cccc(S(=O)(=O)N3CCc4ccccc43)c2)cc1[N+](=O)[O-]. The van der Waals surface area contributed by atoms with Crippen molar-refractivity contribution >= 4 is 39.0 Å². The van der Waals surface area contributed by atoms with Crippen molar-refractivity contribution in [1.82, 2.24) is 0 Å². The third-order valence-electron chi connectivity index (χ3n) is 5.53. The second-order valence-corrected chi connectivity index (χ2v) is 9.73. The Morgan fingerprint density at radius 1 is 1.09 bits per heavy atom. The van der Waals surface area contributed by atoms with Crippen molar-refractivity contribution in [3.63, 3.8) is 0 Å². The highest BCUT2D eigenvalue weighted by Gasteiger charge is 2.31. The summed E-state index contributed by atoms with van der Waals surface area (Å²) in [6.45, 7) is 1.22. The number of fused-ring (bicyclic) bond motifs is 1. The summed E-state index contributed by atoms with van der Waals surface area (Å²) >= 11 is 0. The lowest BCUT2D eigenvalue weighted by atomic mass is 10.2. The standard InChI is InChI=1S/C24H21N3O7S/c1-16-9-10-19(14-22(16)27(30)31)25-23(28)15-34-24(29)18-6-4-7-20(13-18)35(32,33)26-12-11-17-5-2-3-8-21(17)26/h2-10,13-14H,11-12,15H2,1H3,(H,25,28). The minimum Gasteiger partial charge on any atom is -0.452 e. The van der Waals surface area contributed by atoms with Gasteiger partial charge >= 0.3 is 5.97 Å². The molecule has 180 valence electrons. The van der Waals surface area contributed by atoms with Crippen molar-refractivity contribution in [1.29, 1.82) is 0 Å². The maximum Gasteiger partial charge on any atom is 0.338 e. The summed E-state index contributed by atoms with van der Waals surface area (Å²) in [7, 11) is -3.90. The van der Waals surface area contributed by atoms with Crippen molar-refractivity contribution in [3.8, 4) is 0 Å². The molecular weight excluding hydrogens is 474 g/mol. The molecule has 4 rings (SSSR count). The fourth-order valence-corrected chi connectivity index (χ4v) is 5.31. The fourth-order valence-electron chi connectivity index (χ4n) is 3.76. The molecule has 0 aromatic heterocycles. The first-order valence-corrected chi connectivity index (χ1v) is 12.0. The number of nitro benzene ring substituents is 1. The van der Waals surface area contributed by atoms with Crippen molar-refractivity contribution < 1.29 is 27.7 Å². The summed E-state index contributed by atoms with van der Waals surface area (Å²) in [5.41, 5.74) is 1.97. The van der Waals surface area contributed by atoms with Gasteiger partial charge in [0, 0.05) is 23.9 Å². The van der Waals surface area contributed by atoms with E-state index in [1.807, 2.05) is 12.1 Å². The molecule has 0 saturated carbocycles. The molecule has 0 unspecified atom stereocenters. The zero-order valence-electron chi connectivity index (χ0n) is 18.6. The highest BCUT2D eigenvalue weighted by Crippen LogP contribution is 2.32. The Labute approximate surface area is 201 Å². The fraction of sp³-hybridized carbons (Fsp3) is 0.167. The van der Waals surface area contributed by atoms with E-state index in [0.717, 1.165) is 5.56 Å². The minimum atomic E-state index is -3.90. The van der Waals surface area contributed by atoms with E-state index >= 15 is 0 Å². The van der Waals surface area contributed by atoms with Crippen LogP contribution in [0.2, 0.25) is 0 Å². The molecule has 1 N–H and O–H groups in total. The molecule has 0 fully saturated rings. The van der Waals surface area contributed by atoms with Gasteiger partial charge < -0.3 is 10.1 Å². The number of carbonyl (C=O) groups is 2. The Kier molecular flexibility index (Phi) is 6.52. The van der Waals surface area contributed by atoms with Gasteiger partial charge in [-0.3, -0.25) is 19.2 Å². The number of aryl methyl sites for hydroxylation is 1. The average molecular weight is 496 g/mol. The van der Waals surface area contributed by atoms with Gasteiger partial charge in [0.15, 0.2) is 6.61 Å². The van der Waals surface area contributed by atoms with Gasteiger partial charge in [0.05, 0.1) is 21.1 Å². The summed E-state index contributed by atoms with van der Waals surface area (Å²) in [5, 5.41) is 13.5. The van der Waals surface area contributed by atoms with E-state index in [1.54, 1.807) is 19.1 Å². The number of nitrogens with one attached hydrogen (secondary N) is 1. The summed E-state index contributed by atoms with van der Waals surface area (Å²) in [6, 6.07) is 16.8. The molecule has 1 amide bonds. The molecule has 0 atom stereocenters. The lowest BCUT2D eigenvalue weighted by molar-refractivity contribution is -0.385. The number of carbonyl (C=O) groups excluding carboxylic acids is 2. The van der Waals surface area contributed by atoms with E-state index in [0.29, 0.717) is 24.2 Å². The highest BCUT2D eigenvalue weighted by molar-refractivity contribution is 7.92. The molecule has 3 aromatic carbocycles. The van der Waals surface area contributed by atoms with Gasteiger partial charge in [-0.2, -0.15) is 0 Å². The maximum absolute atomic E-state index is 13.2. The number of benzene rings is 3. The lowest BCUT2D eigenvalue weighted by Gasteiger charge is -2.19. The molecule has 0 radical (unpaired) electrons. The molecule has 1 aliphatic heterocycles. The Hall–Kier alpha value is -4.25. The van der Waals surface area contributed by atoms with Crippen LogP contribution in [0, 0.1) is 17.0 Å². The Bertz CT molecular complexity index is 1440. The molecular formula is C24H21N3O7S. The van der Waals surface area contributed by atoms with Gasteiger partial charge in [-0.15, -0.1) is 0 Å². The van der Waals surface area contributed by atoms with Crippen LogP contribution in [0.4, 0.5) is 17.1 Å². The van der Waals surface area contributed by atoms with Gasteiger partial charge in [-0.25, -0.2) is 13.2 Å². The second-order valence-electron chi connectivity index (χ2n) is 7.87. The predicted octanol–water partition coefficient (Wildman–Crippen LogP) is 3.45. The summed E-state index contributed by atoms with van der Waals surface area (Å²) in [6.07, 6.45) is 0.594. The maximum atomic E-state index is 13.2. The summed E-state index contributed by atoms with van der Waals surface area (Å²) < 4.78 is 32.7. The smallest absolute Gasteiger partial charge is 0.338 e. The predicted molar refractivity (Wildman–Crippen MR) is 128 cm³/mol. The number of esters is 1. The number of para-hydroxylation sites is 1. The quantitative estimate of drug-likeness (QED) is 0.301. The molecule has 10 nitrogen and oxygen atoms in total. The number of anilines is 2. The van der Waals surface area contributed by atoms with Gasteiger partial charge in [0.25, 0.3) is 21.6 Å². The topological polar surface area (TPSA) is 136 Å². The first-order chi connectivity index (χ1) is 16.7. The van der Waals surface area contributed by atoms with E-state index in [4.69, 9.17) is 4.74 Å². The number of ether oxygens (including phenoxy) is 1. The number of nitro groups is 1. The molecule has 0 saturated heterocycles. The van der Waals surface area contributed by atoms with E-state index in [1.165, 1.54) is 46.8 Å². The normalized spacial score (nSPS) is 12.7. The van der Waals surface area contributed by atoms with E-state index in [2.05, 4.69) is 5.32 Å². The zero-order chi connectivity index (χ0) is 25.2. The Morgan fingerprint density at radius 2 is 1.86 bits per heavy atom. The number of sulfonamides is 1. The van der Waals surface area contributed by atoms with E-state index in [9.17, 15) is 28.1 Å². The number of rotatable bonds is 7. The molecule has 0 bridgehead atoms. The van der Waals surface area contributed by atoms with Crippen LogP contribution < -0.4 is 9.62 Å². The van der Waals surface area contributed by atoms with Crippen LogP contribution in [0.1, 0.15) is 21.5 Å². The van der Waals surface area contributed by atoms with E-state index < -0.39 is 33.4 Å². The number of amides is 1. The molecule has 11 heteroatoms. The molecule has 1 heterocycles. The first-order valence-electron chi connectivity index (χ1n) is 10.6. The van der Waals surface area contributed by atoms with Gasteiger partial charge in [-0.05, 0) is 49.2 Å². The van der Waals surface area contributed by atoms with Crippen LogP contribution in [0.15, 0.2) is 71.6 Å². The molecule has 0 aliphatic carbocycles. The Morgan fingerprint density at radius 3 is 2.63 bits per heavy atom. The van der Waals surface area contributed by atoms with E-state index in [-0.39, 0.29) is 21.8 Å². The number of hydrogen-bond donors (Lipinski definition) is 1. The minimum absolute atomic E-state index is 0.0302. The van der Waals surface area contributed by atoms with Gasteiger partial charge in [0.1, 0.15) is 0 Å². The van der Waals surface area contributed by atoms with Crippen LogP contribution in [0.5, 0.6) is 0 Å². The monoisotopic (exact) mass is 495 g/mol. The van der Waals surface area contributed by atoms with Gasteiger partial charge in [0.2, 0.25) is 0 Å².